The van der Waals surface area contributed by atoms with Crippen molar-refractivity contribution in [1.82, 2.24) is 9.62 Å². The van der Waals surface area contributed by atoms with E-state index in [9.17, 15) is 13.2 Å². The first kappa shape index (κ1) is 22.4. The lowest BCUT2D eigenvalue weighted by molar-refractivity contribution is -0.121. The number of benzene rings is 2. The number of hydrogen-bond donors (Lipinski definition) is 1. The SMILES string of the molecule is O=C(CCc1ccc2c(c1)OCCO2)NCCOc1ccc(S(=O)(=O)N2CCCC2)cc1. The number of amides is 1. The molecule has 0 saturated carbocycles. The van der Waals surface area contributed by atoms with Gasteiger partial charge in [0, 0.05) is 19.5 Å². The predicted octanol–water partition coefficient (Wildman–Crippen LogP) is 2.37. The molecule has 1 fully saturated rings. The lowest BCUT2D eigenvalue weighted by Gasteiger charge is -2.18. The van der Waals surface area contributed by atoms with Crippen molar-refractivity contribution in [2.75, 3.05) is 39.5 Å². The van der Waals surface area contributed by atoms with Crippen molar-refractivity contribution < 1.29 is 27.4 Å². The third-order valence-electron chi connectivity index (χ3n) is 5.47. The van der Waals surface area contributed by atoms with Crippen molar-refractivity contribution in [3.05, 3.63) is 48.0 Å². The summed E-state index contributed by atoms with van der Waals surface area (Å²) in [6.45, 7) is 2.91. The highest BCUT2D eigenvalue weighted by Gasteiger charge is 2.26. The minimum atomic E-state index is -3.42. The average Bonchev–Trinajstić information content (AvgIpc) is 3.37. The number of carbonyl (C=O) groups excluding carboxylic acids is 1. The highest BCUT2D eigenvalue weighted by atomic mass is 32.2. The molecule has 2 aliphatic heterocycles. The summed E-state index contributed by atoms with van der Waals surface area (Å²) in [7, 11) is -3.42. The lowest BCUT2D eigenvalue weighted by atomic mass is 10.1. The lowest BCUT2D eigenvalue weighted by Crippen LogP contribution is -2.28. The Morgan fingerprint density at radius 3 is 2.47 bits per heavy atom. The molecule has 0 aromatic heterocycles. The van der Waals surface area contributed by atoms with Gasteiger partial charge in [-0.3, -0.25) is 4.79 Å². The molecular formula is C23H28N2O6S. The minimum absolute atomic E-state index is 0.0597. The van der Waals surface area contributed by atoms with Crippen molar-refractivity contribution in [2.24, 2.45) is 0 Å². The zero-order valence-electron chi connectivity index (χ0n) is 17.9. The second-order valence-electron chi connectivity index (χ2n) is 7.76. The van der Waals surface area contributed by atoms with E-state index in [0.29, 0.717) is 58.0 Å². The minimum Gasteiger partial charge on any atom is -0.492 e. The smallest absolute Gasteiger partial charge is 0.243 e. The molecule has 2 aromatic rings. The fourth-order valence-corrected chi connectivity index (χ4v) is 5.25. The van der Waals surface area contributed by atoms with E-state index in [1.54, 1.807) is 24.3 Å². The van der Waals surface area contributed by atoms with E-state index in [1.807, 2.05) is 18.2 Å². The van der Waals surface area contributed by atoms with E-state index >= 15 is 0 Å². The summed E-state index contributed by atoms with van der Waals surface area (Å²) in [5.41, 5.74) is 1.02. The Hall–Kier alpha value is -2.78. The van der Waals surface area contributed by atoms with Crippen molar-refractivity contribution in [2.45, 2.75) is 30.6 Å². The van der Waals surface area contributed by atoms with Gasteiger partial charge in [-0.25, -0.2) is 8.42 Å². The Balaban J connectivity index is 1.17. The van der Waals surface area contributed by atoms with Crippen LogP contribution in [-0.2, 0) is 21.2 Å². The van der Waals surface area contributed by atoms with Gasteiger partial charge in [-0.05, 0) is 61.2 Å². The fraction of sp³-hybridized carbons (Fsp3) is 0.435. The fourth-order valence-electron chi connectivity index (χ4n) is 3.73. The van der Waals surface area contributed by atoms with E-state index < -0.39 is 10.0 Å². The van der Waals surface area contributed by atoms with Gasteiger partial charge in [-0.15, -0.1) is 0 Å². The van der Waals surface area contributed by atoms with Crippen LogP contribution in [0.4, 0.5) is 0 Å². The van der Waals surface area contributed by atoms with Gasteiger partial charge in [0.15, 0.2) is 11.5 Å². The monoisotopic (exact) mass is 460 g/mol. The second-order valence-corrected chi connectivity index (χ2v) is 9.70. The van der Waals surface area contributed by atoms with Crippen LogP contribution in [0, 0.1) is 0 Å². The Morgan fingerprint density at radius 2 is 1.72 bits per heavy atom. The summed E-state index contributed by atoms with van der Waals surface area (Å²) in [5, 5.41) is 2.84. The maximum atomic E-state index is 12.5. The Kier molecular flexibility index (Phi) is 7.16. The highest BCUT2D eigenvalue weighted by molar-refractivity contribution is 7.89. The van der Waals surface area contributed by atoms with Crippen LogP contribution in [0.25, 0.3) is 0 Å². The van der Waals surface area contributed by atoms with Crippen molar-refractivity contribution in [3.8, 4) is 17.2 Å². The van der Waals surface area contributed by atoms with Gasteiger partial charge in [-0.2, -0.15) is 4.31 Å². The third kappa shape index (κ3) is 5.52. The molecule has 0 radical (unpaired) electrons. The Bertz CT molecular complexity index is 1030. The van der Waals surface area contributed by atoms with Crippen LogP contribution in [0.15, 0.2) is 47.4 Å². The molecule has 1 N–H and O–H groups in total. The highest BCUT2D eigenvalue weighted by Crippen LogP contribution is 2.31. The molecule has 32 heavy (non-hydrogen) atoms. The largest absolute Gasteiger partial charge is 0.492 e. The molecule has 2 aromatic carbocycles. The Labute approximate surface area is 188 Å². The quantitative estimate of drug-likeness (QED) is 0.578. The van der Waals surface area contributed by atoms with E-state index in [1.165, 1.54) is 4.31 Å². The van der Waals surface area contributed by atoms with E-state index in [0.717, 1.165) is 29.9 Å². The molecule has 2 aliphatic rings. The molecule has 1 saturated heterocycles. The standard InChI is InChI=1S/C23H28N2O6S/c26-23(10-4-18-3-9-21-22(17-18)31-16-15-30-21)24-11-14-29-19-5-7-20(8-6-19)32(27,28)25-12-1-2-13-25/h3,5-9,17H,1-2,4,10-16H2,(H,24,26). The van der Waals surface area contributed by atoms with Crippen LogP contribution in [0.5, 0.6) is 17.2 Å². The molecule has 1 amide bonds. The number of fused-ring (bicyclic) bond motifs is 1. The van der Waals surface area contributed by atoms with Crippen molar-refractivity contribution >= 4 is 15.9 Å². The van der Waals surface area contributed by atoms with Crippen molar-refractivity contribution in [3.63, 3.8) is 0 Å². The number of aryl methyl sites for hydroxylation is 1. The normalized spacial score (nSPS) is 16.0. The summed E-state index contributed by atoms with van der Waals surface area (Å²) in [6.07, 6.45) is 2.78. The zero-order valence-corrected chi connectivity index (χ0v) is 18.7. The first-order chi connectivity index (χ1) is 15.5. The molecule has 0 bridgehead atoms. The molecule has 0 spiro atoms. The number of nitrogens with zero attached hydrogens (tertiary/aromatic N) is 1. The molecule has 0 aliphatic carbocycles. The number of rotatable bonds is 9. The topological polar surface area (TPSA) is 94.2 Å². The van der Waals surface area contributed by atoms with Crippen LogP contribution in [0.3, 0.4) is 0 Å². The third-order valence-corrected chi connectivity index (χ3v) is 7.38. The maximum absolute atomic E-state index is 12.5. The van der Waals surface area contributed by atoms with E-state index in [2.05, 4.69) is 5.32 Å². The molecule has 172 valence electrons. The molecule has 9 heteroatoms. The van der Waals surface area contributed by atoms with Gasteiger partial charge in [0.25, 0.3) is 0 Å². The van der Waals surface area contributed by atoms with E-state index in [-0.39, 0.29) is 10.8 Å². The summed E-state index contributed by atoms with van der Waals surface area (Å²) < 4.78 is 43.3. The van der Waals surface area contributed by atoms with Gasteiger partial charge in [0.1, 0.15) is 25.6 Å². The molecule has 0 atom stereocenters. The Morgan fingerprint density at radius 1 is 1.00 bits per heavy atom. The van der Waals surface area contributed by atoms with Gasteiger partial charge < -0.3 is 19.5 Å². The van der Waals surface area contributed by atoms with Crippen molar-refractivity contribution in [1.29, 1.82) is 0 Å². The van der Waals surface area contributed by atoms with Gasteiger partial charge in [-0.1, -0.05) is 6.07 Å². The van der Waals surface area contributed by atoms with Gasteiger partial charge >= 0.3 is 0 Å². The first-order valence-corrected chi connectivity index (χ1v) is 12.3. The van der Waals surface area contributed by atoms with E-state index in [4.69, 9.17) is 14.2 Å². The molecular weight excluding hydrogens is 432 g/mol. The maximum Gasteiger partial charge on any atom is 0.243 e. The number of carbonyl (C=O) groups is 1. The molecule has 8 nitrogen and oxygen atoms in total. The van der Waals surface area contributed by atoms with Gasteiger partial charge in [0.05, 0.1) is 11.4 Å². The van der Waals surface area contributed by atoms with Crippen LogP contribution < -0.4 is 19.5 Å². The summed E-state index contributed by atoms with van der Waals surface area (Å²) in [5.74, 6) is 1.97. The number of ether oxygens (including phenoxy) is 3. The molecule has 2 heterocycles. The average molecular weight is 461 g/mol. The predicted molar refractivity (Wildman–Crippen MR) is 119 cm³/mol. The van der Waals surface area contributed by atoms with Gasteiger partial charge in [0.2, 0.25) is 15.9 Å². The zero-order chi connectivity index (χ0) is 22.4. The number of sulfonamides is 1. The number of nitrogens with one attached hydrogen (secondary N) is 1. The van der Waals surface area contributed by atoms with Crippen LogP contribution in [0.1, 0.15) is 24.8 Å². The molecule has 0 unspecified atom stereocenters. The molecule has 4 rings (SSSR count). The number of hydrogen-bond acceptors (Lipinski definition) is 6. The first-order valence-electron chi connectivity index (χ1n) is 10.9. The van der Waals surface area contributed by atoms with Crippen LogP contribution in [-0.4, -0.2) is 58.1 Å². The van der Waals surface area contributed by atoms with Crippen LogP contribution in [0.2, 0.25) is 0 Å². The summed E-state index contributed by atoms with van der Waals surface area (Å²) >= 11 is 0. The summed E-state index contributed by atoms with van der Waals surface area (Å²) in [6, 6.07) is 12.1. The summed E-state index contributed by atoms with van der Waals surface area (Å²) in [4.78, 5) is 12.4. The van der Waals surface area contributed by atoms with Crippen LogP contribution >= 0.6 is 0 Å². The second kappa shape index (κ2) is 10.2.